The van der Waals surface area contributed by atoms with Crippen LogP contribution in [0.4, 0.5) is 0 Å². The van der Waals surface area contributed by atoms with Crippen LogP contribution < -0.4 is 14.8 Å². The summed E-state index contributed by atoms with van der Waals surface area (Å²) in [6.45, 7) is 0.951. The van der Waals surface area contributed by atoms with Gasteiger partial charge in [-0.05, 0) is 48.7 Å². The van der Waals surface area contributed by atoms with Crippen LogP contribution in [-0.4, -0.2) is 59.9 Å². The van der Waals surface area contributed by atoms with Crippen molar-refractivity contribution in [3.05, 3.63) is 59.7 Å². The maximum absolute atomic E-state index is 12.5. The molecule has 1 amide bonds. The van der Waals surface area contributed by atoms with Crippen molar-refractivity contribution in [3.63, 3.8) is 0 Å². The van der Waals surface area contributed by atoms with E-state index in [1.54, 1.807) is 55.5 Å². The Labute approximate surface area is 196 Å². The first kappa shape index (κ1) is 26.2. The van der Waals surface area contributed by atoms with Crippen LogP contribution >= 0.6 is 0 Å². The smallest absolute Gasteiger partial charge is 0.341 e. The molecule has 2 aromatic carbocycles. The average Bonchev–Trinajstić information content (AvgIpc) is 2.81. The van der Waals surface area contributed by atoms with Gasteiger partial charge in [0.15, 0.2) is 13.2 Å². The van der Waals surface area contributed by atoms with Crippen molar-refractivity contribution in [3.8, 4) is 11.5 Å². The molecule has 0 saturated carbocycles. The number of carbonyl (C=O) groups excluding carboxylic acids is 2. The van der Waals surface area contributed by atoms with Gasteiger partial charge in [0.1, 0.15) is 17.5 Å². The fourth-order valence-electron chi connectivity index (χ4n) is 2.96. The number of carboxylic acid groups (broad SMARTS) is 2. The average molecular weight is 473 g/mol. The SMILES string of the molecule is CCOC(=O)C(Cc1ccc(OCC(=O)O)cc1)NC(=O)CCc1ccc(OCC(=O)O)cc1. The van der Waals surface area contributed by atoms with Gasteiger partial charge in [0.25, 0.3) is 0 Å². The van der Waals surface area contributed by atoms with E-state index in [2.05, 4.69) is 5.32 Å². The standard InChI is InChI=1S/C24H27NO9/c1-2-32-24(31)20(13-17-5-10-19(11-6-17)34-15-23(29)30)25-21(26)12-7-16-3-8-18(9-4-16)33-14-22(27)28/h3-6,8-11,20H,2,7,12-15H2,1H3,(H,25,26)(H,27,28)(H,29,30). The molecule has 0 fully saturated rings. The lowest BCUT2D eigenvalue weighted by Gasteiger charge is -2.18. The molecule has 10 heteroatoms. The number of rotatable bonds is 14. The maximum Gasteiger partial charge on any atom is 0.341 e. The molecule has 0 heterocycles. The molecule has 10 nitrogen and oxygen atoms in total. The van der Waals surface area contributed by atoms with E-state index < -0.39 is 37.2 Å². The normalized spacial score (nSPS) is 11.2. The molecule has 34 heavy (non-hydrogen) atoms. The number of carbonyl (C=O) groups is 4. The number of esters is 1. The number of hydrogen-bond acceptors (Lipinski definition) is 7. The van der Waals surface area contributed by atoms with Crippen molar-refractivity contribution in [1.82, 2.24) is 5.32 Å². The van der Waals surface area contributed by atoms with Gasteiger partial charge in [-0.25, -0.2) is 14.4 Å². The van der Waals surface area contributed by atoms with Crippen molar-refractivity contribution in [2.45, 2.75) is 32.2 Å². The van der Waals surface area contributed by atoms with Gasteiger partial charge in [-0.2, -0.15) is 0 Å². The summed E-state index contributed by atoms with van der Waals surface area (Å²) >= 11 is 0. The maximum atomic E-state index is 12.5. The lowest BCUT2D eigenvalue weighted by Crippen LogP contribution is -2.43. The van der Waals surface area contributed by atoms with Gasteiger partial charge in [-0.3, -0.25) is 4.79 Å². The number of aliphatic carboxylic acids is 2. The van der Waals surface area contributed by atoms with Crippen LogP contribution in [0.1, 0.15) is 24.5 Å². The largest absolute Gasteiger partial charge is 0.482 e. The molecule has 0 aliphatic heterocycles. The molecule has 0 saturated heterocycles. The Morgan fingerprint density at radius 3 is 1.79 bits per heavy atom. The van der Waals surface area contributed by atoms with E-state index >= 15 is 0 Å². The summed E-state index contributed by atoms with van der Waals surface area (Å²) in [5.74, 6) is -2.25. The van der Waals surface area contributed by atoms with Crippen LogP contribution in [0.2, 0.25) is 0 Å². The Morgan fingerprint density at radius 1 is 0.824 bits per heavy atom. The number of carboxylic acids is 2. The molecule has 1 atom stereocenters. The highest BCUT2D eigenvalue weighted by molar-refractivity contribution is 5.84. The molecule has 0 radical (unpaired) electrons. The summed E-state index contributed by atoms with van der Waals surface area (Å²) in [6.07, 6.45) is 0.739. The quantitative estimate of drug-likeness (QED) is 0.349. The zero-order valence-electron chi connectivity index (χ0n) is 18.7. The van der Waals surface area contributed by atoms with Crippen molar-refractivity contribution in [2.75, 3.05) is 19.8 Å². The number of ether oxygens (including phenoxy) is 3. The first-order chi connectivity index (χ1) is 16.3. The minimum absolute atomic E-state index is 0.132. The minimum atomic E-state index is -1.09. The van der Waals surface area contributed by atoms with Gasteiger partial charge < -0.3 is 29.7 Å². The predicted octanol–water partition coefficient (Wildman–Crippen LogP) is 1.84. The third kappa shape index (κ3) is 9.60. The molecule has 0 aliphatic rings. The van der Waals surface area contributed by atoms with Crippen LogP contribution in [0.25, 0.3) is 0 Å². The van der Waals surface area contributed by atoms with E-state index in [0.29, 0.717) is 17.9 Å². The molecule has 1 unspecified atom stereocenters. The van der Waals surface area contributed by atoms with Crippen LogP contribution in [0.15, 0.2) is 48.5 Å². The molecular formula is C24H27NO9. The molecule has 182 valence electrons. The summed E-state index contributed by atoms with van der Waals surface area (Å²) in [5, 5.41) is 20.0. The monoisotopic (exact) mass is 473 g/mol. The fourth-order valence-corrected chi connectivity index (χ4v) is 2.96. The van der Waals surface area contributed by atoms with Crippen LogP contribution in [0.5, 0.6) is 11.5 Å². The minimum Gasteiger partial charge on any atom is -0.482 e. The predicted molar refractivity (Wildman–Crippen MR) is 120 cm³/mol. The third-order valence-corrected chi connectivity index (χ3v) is 4.56. The molecule has 2 aromatic rings. The van der Waals surface area contributed by atoms with Gasteiger partial charge >= 0.3 is 17.9 Å². The Balaban J connectivity index is 1.91. The molecule has 2 rings (SSSR count). The van der Waals surface area contributed by atoms with Crippen molar-refractivity contribution < 1.29 is 43.6 Å². The fraction of sp³-hybridized carbons (Fsp3) is 0.333. The summed E-state index contributed by atoms with van der Waals surface area (Å²) in [6, 6.07) is 12.4. The molecule has 0 aromatic heterocycles. The summed E-state index contributed by atoms with van der Waals surface area (Å²) < 4.78 is 15.2. The highest BCUT2D eigenvalue weighted by Gasteiger charge is 2.22. The van der Waals surface area contributed by atoms with Crippen molar-refractivity contribution in [2.24, 2.45) is 0 Å². The third-order valence-electron chi connectivity index (χ3n) is 4.56. The van der Waals surface area contributed by atoms with Gasteiger partial charge in [-0.15, -0.1) is 0 Å². The van der Waals surface area contributed by atoms with Crippen molar-refractivity contribution >= 4 is 23.8 Å². The number of nitrogens with one attached hydrogen (secondary N) is 1. The van der Waals surface area contributed by atoms with Crippen LogP contribution in [-0.2, 0) is 36.8 Å². The molecule has 0 aliphatic carbocycles. The second-order valence-corrected chi connectivity index (χ2v) is 7.23. The molecule has 0 spiro atoms. The first-order valence-electron chi connectivity index (χ1n) is 10.6. The lowest BCUT2D eigenvalue weighted by atomic mass is 10.0. The number of amides is 1. The highest BCUT2D eigenvalue weighted by Crippen LogP contribution is 2.15. The number of benzene rings is 2. The Hall–Kier alpha value is -4.08. The summed E-state index contributed by atoms with van der Waals surface area (Å²) in [5.41, 5.74) is 1.58. The Kier molecular flexibility index (Phi) is 10.4. The van der Waals surface area contributed by atoms with E-state index in [0.717, 1.165) is 11.1 Å². The van der Waals surface area contributed by atoms with E-state index in [1.165, 1.54) is 0 Å². The van der Waals surface area contributed by atoms with Crippen LogP contribution in [0.3, 0.4) is 0 Å². The lowest BCUT2D eigenvalue weighted by molar-refractivity contribution is -0.147. The van der Waals surface area contributed by atoms with Crippen LogP contribution in [0, 0.1) is 0 Å². The van der Waals surface area contributed by atoms with E-state index in [9.17, 15) is 19.2 Å². The van der Waals surface area contributed by atoms with Gasteiger partial charge in [0.2, 0.25) is 5.91 Å². The molecule has 0 bridgehead atoms. The summed E-state index contributed by atoms with van der Waals surface area (Å²) in [4.78, 5) is 46.0. The number of hydrogen-bond donors (Lipinski definition) is 3. The van der Waals surface area contributed by atoms with Crippen molar-refractivity contribution in [1.29, 1.82) is 0 Å². The molecule has 3 N–H and O–H groups in total. The number of aryl methyl sites for hydroxylation is 1. The van der Waals surface area contributed by atoms with E-state index in [4.69, 9.17) is 24.4 Å². The zero-order valence-corrected chi connectivity index (χ0v) is 18.7. The highest BCUT2D eigenvalue weighted by atomic mass is 16.5. The molecular weight excluding hydrogens is 446 g/mol. The van der Waals surface area contributed by atoms with Gasteiger partial charge in [-0.1, -0.05) is 24.3 Å². The van der Waals surface area contributed by atoms with E-state index in [1.807, 2.05) is 0 Å². The zero-order chi connectivity index (χ0) is 24.9. The first-order valence-corrected chi connectivity index (χ1v) is 10.6. The summed E-state index contributed by atoms with van der Waals surface area (Å²) in [7, 11) is 0. The Bertz CT molecular complexity index is 971. The Morgan fingerprint density at radius 2 is 1.32 bits per heavy atom. The topological polar surface area (TPSA) is 148 Å². The van der Waals surface area contributed by atoms with Gasteiger partial charge in [0.05, 0.1) is 6.61 Å². The van der Waals surface area contributed by atoms with E-state index in [-0.39, 0.29) is 25.4 Å². The van der Waals surface area contributed by atoms with Gasteiger partial charge in [0, 0.05) is 12.8 Å². The second kappa shape index (κ2) is 13.5. The second-order valence-electron chi connectivity index (χ2n) is 7.23.